The second-order valence-electron chi connectivity index (χ2n) is 5.98. The summed E-state index contributed by atoms with van der Waals surface area (Å²) in [5, 5.41) is 3.05. The van der Waals surface area contributed by atoms with Crippen LogP contribution in [-0.4, -0.2) is 11.9 Å². The van der Waals surface area contributed by atoms with Gasteiger partial charge in [-0.3, -0.25) is 4.79 Å². The van der Waals surface area contributed by atoms with Crippen molar-refractivity contribution in [2.24, 2.45) is 23.5 Å². The molecule has 102 valence electrons. The summed E-state index contributed by atoms with van der Waals surface area (Å²) in [5.41, 5.74) is 8.36. The fourth-order valence-electron chi connectivity index (χ4n) is 3.82. The first-order valence-electron chi connectivity index (χ1n) is 7.34. The molecule has 4 atom stereocenters. The van der Waals surface area contributed by atoms with Crippen LogP contribution in [0, 0.1) is 17.8 Å². The predicted molar refractivity (Wildman–Crippen MR) is 76.7 cm³/mol. The lowest BCUT2D eigenvalue weighted by molar-refractivity contribution is -0.121. The van der Waals surface area contributed by atoms with Crippen molar-refractivity contribution < 1.29 is 4.79 Å². The van der Waals surface area contributed by atoms with E-state index in [0.717, 1.165) is 18.5 Å². The van der Waals surface area contributed by atoms with E-state index in [-0.39, 0.29) is 17.9 Å². The number of hydrogen-bond acceptors (Lipinski definition) is 2. The van der Waals surface area contributed by atoms with E-state index in [9.17, 15) is 4.79 Å². The lowest BCUT2D eigenvalue weighted by Crippen LogP contribution is -2.42. The lowest BCUT2D eigenvalue weighted by atomic mass is 9.84. The largest absolute Gasteiger partial charge is 0.327 e. The van der Waals surface area contributed by atoms with E-state index in [1.54, 1.807) is 0 Å². The van der Waals surface area contributed by atoms with Gasteiger partial charge in [0, 0.05) is 11.7 Å². The normalized spacial score (nSPS) is 32.5. The monoisotopic (exact) mass is 258 g/mol. The van der Waals surface area contributed by atoms with Gasteiger partial charge >= 0.3 is 0 Å². The highest BCUT2D eigenvalue weighted by atomic mass is 16.2. The summed E-state index contributed by atoms with van der Waals surface area (Å²) in [6.45, 7) is 2.12. The van der Waals surface area contributed by atoms with Gasteiger partial charge in [-0.15, -0.1) is 0 Å². The average molecular weight is 258 g/mol. The number of hydrogen-bond donors (Lipinski definition) is 2. The molecule has 3 heteroatoms. The van der Waals surface area contributed by atoms with Crippen molar-refractivity contribution >= 4 is 11.6 Å². The van der Waals surface area contributed by atoms with Gasteiger partial charge in [-0.25, -0.2) is 0 Å². The second-order valence-corrected chi connectivity index (χ2v) is 5.98. The van der Waals surface area contributed by atoms with Gasteiger partial charge in [-0.2, -0.15) is 0 Å². The van der Waals surface area contributed by atoms with E-state index in [1.165, 1.54) is 18.4 Å². The summed E-state index contributed by atoms with van der Waals surface area (Å²) in [4.78, 5) is 12.4. The zero-order valence-electron chi connectivity index (χ0n) is 11.4. The molecule has 3 nitrogen and oxygen atoms in total. The number of amides is 1. The van der Waals surface area contributed by atoms with Gasteiger partial charge < -0.3 is 11.1 Å². The maximum Gasteiger partial charge on any atom is 0.229 e. The molecule has 0 saturated heterocycles. The highest BCUT2D eigenvalue weighted by molar-refractivity contribution is 5.93. The molecule has 1 aromatic carbocycles. The van der Waals surface area contributed by atoms with Crippen LogP contribution < -0.4 is 11.1 Å². The SMILES string of the molecule is CCc1cccc(NC(=O)C2C3CCC(C3)C2N)c1. The van der Waals surface area contributed by atoms with Gasteiger partial charge in [0.15, 0.2) is 0 Å². The molecule has 1 aromatic rings. The topological polar surface area (TPSA) is 55.1 Å². The Balaban J connectivity index is 1.71. The van der Waals surface area contributed by atoms with E-state index >= 15 is 0 Å². The highest BCUT2D eigenvalue weighted by Crippen LogP contribution is 2.47. The zero-order chi connectivity index (χ0) is 13.4. The van der Waals surface area contributed by atoms with Crippen molar-refractivity contribution in [1.82, 2.24) is 0 Å². The van der Waals surface area contributed by atoms with Gasteiger partial charge in [0.1, 0.15) is 0 Å². The Hall–Kier alpha value is -1.35. The van der Waals surface area contributed by atoms with Crippen LogP contribution in [0.1, 0.15) is 31.7 Å². The summed E-state index contributed by atoms with van der Waals surface area (Å²) >= 11 is 0. The number of rotatable bonds is 3. The molecule has 2 bridgehead atoms. The van der Waals surface area contributed by atoms with Crippen LogP contribution in [0.25, 0.3) is 0 Å². The van der Waals surface area contributed by atoms with Gasteiger partial charge in [-0.05, 0) is 55.2 Å². The molecule has 19 heavy (non-hydrogen) atoms. The Bertz CT molecular complexity index is 483. The molecule has 4 unspecified atom stereocenters. The summed E-state index contributed by atoms with van der Waals surface area (Å²) in [6, 6.07) is 8.15. The second kappa shape index (κ2) is 4.97. The van der Waals surface area contributed by atoms with Gasteiger partial charge in [-0.1, -0.05) is 19.1 Å². The first-order valence-corrected chi connectivity index (χ1v) is 7.34. The van der Waals surface area contributed by atoms with E-state index < -0.39 is 0 Å². The number of aryl methyl sites for hydroxylation is 1. The van der Waals surface area contributed by atoms with Crippen LogP contribution in [0.4, 0.5) is 5.69 Å². The molecule has 0 aliphatic heterocycles. The maximum absolute atomic E-state index is 12.4. The fraction of sp³-hybridized carbons (Fsp3) is 0.562. The average Bonchev–Trinajstić information content (AvgIpc) is 2.99. The van der Waals surface area contributed by atoms with Crippen LogP contribution in [0.15, 0.2) is 24.3 Å². The number of carbonyl (C=O) groups excluding carboxylic acids is 1. The molecule has 2 fully saturated rings. The van der Waals surface area contributed by atoms with Crippen LogP contribution in [0.3, 0.4) is 0 Å². The number of nitrogens with two attached hydrogens (primary N) is 1. The minimum atomic E-state index is 0.0176. The molecule has 3 rings (SSSR count). The summed E-state index contributed by atoms with van der Waals surface area (Å²) in [7, 11) is 0. The fourth-order valence-corrected chi connectivity index (χ4v) is 3.82. The van der Waals surface area contributed by atoms with Gasteiger partial charge in [0.2, 0.25) is 5.91 Å². The van der Waals surface area contributed by atoms with E-state index in [4.69, 9.17) is 5.73 Å². The lowest BCUT2D eigenvalue weighted by Gasteiger charge is -2.27. The quantitative estimate of drug-likeness (QED) is 0.875. The Labute approximate surface area is 114 Å². The number of nitrogens with one attached hydrogen (secondary N) is 1. The van der Waals surface area contributed by atoms with Gasteiger partial charge in [0.25, 0.3) is 0 Å². The number of carbonyl (C=O) groups is 1. The molecule has 0 spiro atoms. The minimum absolute atomic E-state index is 0.0176. The van der Waals surface area contributed by atoms with Gasteiger partial charge in [0.05, 0.1) is 5.92 Å². The molecule has 1 amide bonds. The Morgan fingerprint density at radius 1 is 1.37 bits per heavy atom. The molecule has 3 N–H and O–H groups in total. The molecular formula is C16H22N2O. The minimum Gasteiger partial charge on any atom is -0.327 e. The van der Waals surface area contributed by atoms with Crippen LogP contribution in [-0.2, 0) is 11.2 Å². The number of anilines is 1. The number of benzene rings is 1. The highest BCUT2D eigenvalue weighted by Gasteiger charge is 2.49. The third-order valence-electron chi connectivity index (χ3n) is 4.89. The molecule has 2 aliphatic carbocycles. The Morgan fingerprint density at radius 2 is 2.16 bits per heavy atom. The van der Waals surface area contributed by atoms with Crippen LogP contribution >= 0.6 is 0 Å². The maximum atomic E-state index is 12.4. The zero-order valence-corrected chi connectivity index (χ0v) is 11.4. The smallest absolute Gasteiger partial charge is 0.229 e. The van der Waals surface area contributed by atoms with Crippen molar-refractivity contribution in [2.75, 3.05) is 5.32 Å². The van der Waals surface area contributed by atoms with Crippen molar-refractivity contribution in [3.8, 4) is 0 Å². The first-order chi connectivity index (χ1) is 9.19. The van der Waals surface area contributed by atoms with Crippen molar-refractivity contribution in [1.29, 1.82) is 0 Å². The third-order valence-corrected chi connectivity index (χ3v) is 4.89. The Morgan fingerprint density at radius 3 is 2.84 bits per heavy atom. The Kier molecular flexibility index (Phi) is 3.31. The molecule has 0 aromatic heterocycles. The first kappa shape index (κ1) is 12.7. The van der Waals surface area contributed by atoms with Crippen molar-refractivity contribution in [3.05, 3.63) is 29.8 Å². The van der Waals surface area contributed by atoms with Crippen molar-refractivity contribution in [3.63, 3.8) is 0 Å². The predicted octanol–water partition coefficient (Wildman–Crippen LogP) is 2.56. The van der Waals surface area contributed by atoms with Crippen LogP contribution in [0.5, 0.6) is 0 Å². The van der Waals surface area contributed by atoms with Crippen LogP contribution in [0.2, 0.25) is 0 Å². The molecular weight excluding hydrogens is 236 g/mol. The summed E-state index contributed by atoms with van der Waals surface area (Å²) < 4.78 is 0. The summed E-state index contributed by atoms with van der Waals surface area (Å²) in [6.07, 6.45) is 4.51. The standard InChI is InChI=1S/C16H22N2O/c1-2-10-4-3-5-13(8-10)18-16(19)14-11-6-7-12(9-11)15(14)17/h3-5,8,11-12,14-15H,2,6-7,9,17H2,1H3,(H,18,19). The van der Waals surface area contributed by atoms with E-state index in [2.05, 4.69) is 24.4 Å². The molecule has 2 saturated carbocycles. The van der Waals surface area contributed by atoms with E-state index in [1.807, 2.05) is 12.1 Å². The molecule has 2 aliphatic rings. The third kappa shape index (κ3) is 2.27. The summed E-state index contributed by atoms with van der Waals surface area (Å²) in [5.74, 6) is 1.22. The molecule has 0 radical (unpaired) electrons. The van der Waals surface area contributed by atoms with Crippen molar-refractivity contribution in [2.45, 2.75) is 38.6 Å². The number of fused-ring (bicyclic) bond motifs is 2. The van der Waals surface area contributed by atoms with E-state index in [0.29, 0.717) is 11.8 Å². The molecule has 0 heterocycles.